The smallest absolute Gasteiger partial charge is 0.0300 e. The van der Waals surface area contributed by atoms with Crippen molar-refractivity contribution in [2.45, 2.75) is 26.3 Å². The molecule has 1 heterocycles. The van der Waals surface area contributed by atoms with Crippen molar-refractivity contribution in [3.63, 3.8) is 0 Å². The number of halogens is 1. The lowest BCUT2D eigenvalue weighted by Crippen LogP contribution is -2.20. The molecule has 1 fully saturated rings. The second kappa shape index (κ2) is 3.71. The minimum absolute atomic E-state index is 0.620. The number of hydrogen-bond donors (Lipinski definition) is 1. The van der Waals surface area contributed by atoms with Crippen LogP contribution in [0.25, 0.3) is 0 Å². The molecule has 1 aromatic heterocycles. The summed E-state index contributed by atoms with van der Waals surface area (Å²) in [6.45, 7) is 4.54. The van der Waals surface area contributed by atoms with Crippen molar-refractivity contribution in [3.8, 4) is 0 Å². The van der Waals surface area contributed by atoms with Crippen molar-refractivity contribution >= 4 is 27.3 Å². The molecule has 0 radical (unpaired) electrons. The van der Waals surface area contributed by atoms with E-state index in [2.05, 4.69) is 39.6 Å². The highest BCUT2D eigenvalue weighted by molar-refractivity contribution is 9.10. The quantitative estimate of drug-likeness (QED) is 0.874. The molecule has 0 bridgehead atoms. The third-order valence-corrected chi connectivity index (χ3v) is 4.27. The molecule has 0 spiro atoms. The summed E-state index contributed by atoms with van der Waals surface area (Å²) in [6, 6.07) is 2.19. The van der Waals surface area contributed by atoms with E-state index in [1.165, 1.54) is 28.7 Å². The van der Waals surface area contributed by atoms with Gasteiger partial charge >= 0.3 is 0 Å². The molecule has 1 aliphatic rings. The van der Waals surface area contributed by atoms with Crippen molar-refractivity contribution in [1.82, 2.24) is 5.32 Å². The monoisotopic (exact) mass is 259 g/mol. The molecule has 13 heavy (non-hydrogen) atoms. The molecule has 0 amide bonds. The van der Waals surface area contributed by atoms with Crippen molar-refractivity contribution in [2.24, 2.45) is 5.41 Å². The predicted octanol–water partition coefficient (Wildman–Crippen LogP) is 3.40. The summed E-state index contributed by atoms with van der Waals surface area (Å²) in [5.41, 5.74) is 0.620. The molecular weight excluding hydrogens is 246 g/mol. The molecule has 0 unspecified atom stereocenters. The summed E-state index contributed by atoms with van der Waals surface area (Å²) < 4.78 is 1.20. The fourth-order valence-electron chi connectivity index (χ4n) is 1.32. The third kappa shape index (κ3) is 2.79. The fraction of sp³-hybridized carbons (Fsp3) is 0.600. The molecule has 1 saturated carbocycles. The van der Waals surface area contributed by atoms with Crippen LogP contribution in [0.15, 0.2) is 15.9 Å². The van der Waals surface area contributed by atoms with Gasteiger partial charge in [0.2, 0.25) is 0 Å². The molecule has 0 aromatic carbocycles. The number of hydrogen-bond acceptors (Lipinski definition) is 2. The SMILES string of the molecule is CC1(CNCc2cc(Br)cs2)CC1. The highest BCUT2D eigenvalue weighted by Gasteiger charge is 2.36. The van der Waals surface area contributed by atoms with Crippen LogP contribution in [0.5, 0.6) is 0 Å². The Balaban J connectivity index is 1.73. The van der Waals surface area contributed by atoms with Gasteiger partial charge in [-0.05, 0) is 40.3 Å². The molecule has 72 valence electrons. The van der Waals surface area contributed by atoms with Crippen molar-refractivity contribution < 1.29 is 0 Å². The maximum Gasteiger partial charge on any atom is 0.0300 e. The Bertz CT molecular complexity index is 291. The minimum Gasteiger partial charge on any atom is -0.311 e. The van der Waals surface area contributed by atoms with Gasteiger partial charge in [0.1, 0.15) is 0 Å². The van der Waals surface area contributed by atoms with Gasteiger partial charge in [-0.15, -0.1) is 11.3 Å². The van der Waals surface area contributed by atoms with E-state index in [0.29, 0.717) is 5.41 Å². The minimum atomic E-state index is 0.620. The Morgan fingerprint density at radius 2 is 2.38 bits per heavy atom. The summed E-state index contributed by atoms with van der Waals surface area (Å²) in [5, 5.41) is 5.64. The Morgan fingerprint density at radius 1 is 1.62 bits per heavy atom. The Hall–Kier alpha value is 0.140. The lowest BCUT2D eigenvalue weighted by Gasteiger charge is -2.08. The largest absolute Gasteiger partial charge is 0.311 e. The fourth-order valence-corrected chi connectivity index (χ4v) is 2.74. The zero-order chi connectivity index (χ0) is 9.31. The molecule has 1 aromatic rings. The van der Waals surface area contributed by atoms with E-state index in [1.54, 1.807) is 0 Å². The first-order valence-electron chi connectivity index (χ1n) is 4.62. The Labute approximate surface area is 91.7 Å². The maximum atomic E-state index is 3.51. The van der Waals surface area contributed by atoms with E-state index in [4.69, 9.17) is 0 Å². The van der Waals surface area contributed by atoms with E-state index in [-0.39, 0.29) is 0 Å². The van der Waals surface area contributed by atoms with E-state index < -0.39 is 0 Å². The van der Waals surface area contributed by atoms with Gasteiger partial charge in [-0.3, -0.25) is 0 Å². The highest BCUT2D eigenvalue weighted by Crippen LogP contribution is 2.44. The number of thiophene rings is 1. The van der Waals surface area contributed by atoms with Crippen LogP contribution in [0, 0.1) is 5.41 Å². The average molecular weight is 260 g/mol. The Kier molecular flexibility index (Phi) is 2.77. The molecule has 2 rings (SSSR count). The lowest BCUT2D eigenvalue weighted by molar-refractivity contribution is 0.501. The van der Waals surface area contributed by atoms with E-state index in [1.807, 2.05) is 11.3 Å². The summed E-state index contributed by atoms with van der Waals surface area (Å²) >= 11 is 5.27. The van der Waals surface area contributed by atoms with E-state index >= 15 is 0 Å². The topological polar surface area (TPSA) is 12.0 Å². The van der Waals surface area contributed by atoms with Crippen LogP contribution >= 0.6 is 27.3 Å². The molecule has 1 aliphatic carbocycles. The molecule has 0 aliphatic heterocycles. The van der Waals surface area contributed by atoms with Gasteiger partial charge in [0.15, 0.2) is 0 Å². The first-order chi connectivity index (χ1) is 6.18. The molecule has 0 atom stereocenters. The summed E-state index contributed by atoms with van der Waals surface area (Å²) in [5.74, 6) is 0. The van der Waals surface area contributed by atoms with Crippen LogP contribution in [-0.2, 0) is 6.54 Å². The van der Waals surface area contributed by atoms with E-state index in [9.17, 15) is 0 Å². The van der Waals surface area contributed by atoms with Gasteiger partial charge in [0, 0.05) is 27.8 Å². The lowest BCUT2D eigenvalue weighted by atomic mass is 10.1. The zero-order valence-electron chi connectivity index (χ0n) is 7.77. The number of nitrogens with one attached hydrogen (secondary N) is 1. The first kappa shape index (κ1) is 9.69. The molecule has 1 nitrogen and oxygen atoms in total. The standard InChI is InChI=1S/C10H14BrNS/c1-10(2-3-10)7-12-5-9-4-8(11)6-13-9/h4,6,12H,2-3,5,7H2,1H3. The molecular formula is C10H14BrNS. The summed E-state index contributed by atoms with van der Waals surface area (Å²) in [7, 11) is 0. The van der Waals surface area contributed by atoms with Crippen LogP contribution in [-0.4, -0.2) is 6.54 Å². The first-order valence-corrected chi connectivity index (χ1v) is 6.29. The van der Waals surface area contributed by atoms with Crippen LogP contribution < -0.4 is 5.32 Å². The van der Waals surface area contributed by atoms with E-state index in [0.717, 1.165) is 6.54 Å². The second-order valence-corrected chi connectivity index (χ2v) is 6.06. The van der Waals surface area contributed by atoms with Crippen molar-refractivity contribution in [1.29, 1.82) is 0 Å². The Morgan fingerprint density at radius 3 is 2.92 bits per heavy atom. The van der Waals surface area contributed by atoms with Gasteiger partial charge in [0.25, 0.3) is 0 Å². The molecule has 0 saturated heterocycles. The maximum absolute atomic E-state index is 3.51. The normalized spacial score (nSPS) is 18.9. The van der Waals surface area contributed by atoms with Crippen molar-refractivity contribution in [3.05, 3.63) is 20.8 Å². The predicted molar refractivity (Wildman–Crippen MR) is 61.1 cm³/mol. The third-order valence-electron chi connectivity index (χ3n) is 2.58. The second-order valence-electron chi connectivity index (χ2n) is 4.15. The van der Waals surface area contributed by atoms with Crippen LogP contribution in [0.2, 0.25) is 0 Å². The number of rotatable bonds is 4. The average Bonchev–Trinajstić information content (AvgIpc) is 2.65. The van der Waals surface area contributed by atoms with Gasteiger partial charge < -0.3 is 5.32 Å². The van der Waals surface area contributed by atoms with Gasteiger partial charge in [-0.2, -0.15) is 0 Å². The van der Waals surface area contributed by atoms with Gasteiger partial charge in [-0.25, -0.2) is 0 Å². The highest BCUT2D eigenvalue weighted by atomic mass is 79.9. The van der Waals surface area contributed by atoms with Crippen LogP contribution in [0.1, 0.15) is 24.6 Å². The van der Waals surface area contributed by atoms with Gasteiger partial charge in [-0.1, -0.05) is 6.92 Å². The van der Waals surface area contributed by atoms with Crippen LogP contribution in [0.3, 0.4) is 0 Å². The van der Waals surface area contributed by atoms with Crippen LogP contribution in [0.4, 0.5) is 0 Å². The summed E-state index contributed by atoms with van der Waals surface area (Å²) in [6.07, 6.45) is 2.79. The zero-order valence-corrected chi connectivity index (χ0v) is 10.2. The molecule has 1 N–H and O–H groups in total. The van der Waals surface area contributed by atoms with Crippen molar-refractivity contribution in [2.75, 3.05) is 6.54 Å². The summed E-state index contributed by atoms with van der Waals surface area (Å²) in [4.78, 5) is 1.41. The van der Waals surface area contributed by atoms with Gasteiger partial charge in [0.05, 0.1) is 0 Å². The molecule has 3 heteroatoms.